The van der Waals surface area contributed by atoms with E-state index in [9.17, 15) is 14.7 Å². The molecule has 0 aromatic carbocycles. The van der Waals surface area contributed by atoms with Gasteiger partial charge in [-0.3, -0.25) is 4.79 Å². The number of urea groups is 1. The summed E-state index contributed by atoms with van der Waals surface area (Å²) in [6.45, 7) is 5.97. The van der Waals surface area contributed by atoms with Crippen molar-refractivity contribution in [1.82, 2.24) is 14.7 Å². The molecule has 0 aromatic rings. The molecule has 2 aliphatic heterocycles. The molecule has 2 aliphatic rings. The molecule has 1 unspecified atom stereocenters. The molecule has 2 rings (SSSR count). The number of carbonyl (C=O) groups is 2. The SMILES string of the molecule is CN1CCN(C(=O)N2CCCC(C)(C(=O)O)C2)CC1. The van der Waals surface area contributed by atoms with Crippen molar-refractivity contribution in [1.29, 1.82) is 0 Å². The summed E-state index contributed by atoms with van der Waals surface area (Å²) in [6, 6.07) is 0.000255. The molecule has 0 saturated carbocycles. The second-order valence-electron chi connectivity index (χ2n) is 5.96. The summed E-state index contributed by atoms with van der Waals surface area (Å²) >= 11 is 0. The fourth-order valence-electron chi connectivity index (χ4n) is 2.78. The number of nitrogens with zero attached hydrogens (tertiary/aromatic N) is 3. The Labute approximate surface area is 114 Å². The summed E-state index contributed by atoms with van der Waals surface area (Å²) < 4.78 is 0. The second kappa shape index (κ2) is 5.36. The number of aliphatic carboxylic acids is 1. The van der Waals surface area contributed by atoms with E-state index in [4.69, 9.17) is 0 Å². The maximum atomic E-state index is 12.4. The van der Waals surface area contributed by atoms with Crippen LogP contribution in [0.5, 0.6) is 0 Å². The number of likely N-dealkylation sites (tertiary alicyclic amines) is 1. The van der Waals surface area contributed by atoms with Gasteiger partial charge in [-0.15, -0.1) is 0 Å². The zero-order chi connectivity index (χ0) is 14.0. The van der Waals surface area contributed by atoms with Crippen LogP contribution in [-0.4, -0.2) is 78.1 Å². The van der Waals surface area contributed by atoms with Gasteiger partial charge in [-0.2, -0.15) is 0 Å². The van der Waals surface area contributed by atoms with E-state index in [0.717, 1.165) is 32.6 Å². The number of amides is 2. The number of hydrogen-bond acceptors (Lipinski definition) is 3. The molecule has 0 bridgehead atoms. The fraction of sp³-hybridized carbons (Fsp3) is 0.846. The van der Waals surface area contributed by atoms with Crippen LogP contribution in [0.4, 0.5) is 4.79 Å². The monoisotopic (exact) mass is 269 g/mol. The average molecular weight is 269 g/mol. The summed E-state index contributed by atoms with van der Waals surface area (Å²) in [5, 5.41) is 9.28. The molecule has 1 atom stereocenters. The van der Waals surface area contributed by atoms with Crippen molar-refractivity contribution < 1.29 is 14.7 Å². The predicted molar refractivity (Wildman–Crippen MR) is 71.0 cm³/mol. The van der Waals surface area contributed by atoms with E-state index in [0.29, 0.717) is 19.5 Å². The van der Waals surface area contributed by atoms with Crippen LogP contribution in [0.25, 0.3) is 0 Å². The Kier molecular flexibility index (Phi) is 3.99. The van der Waals surface area contributed by atoms with Crippen LogP contribution in [0.1, 0.15) is 19.8 Å². The lowest BCUT2D eigenvalue weighted by atomic mass is 9.82. The summed E-state index contributed by atoms with van der Waals surface area (Å²) in [5.41, 5.74) is -0.791. The standard InChI is InChI=1S/C13H23N3O3/c1-13(11(17)18)4-3-5-16(10-13)12(19)15-8-6-14(2)7-9-15/h3-10H2,1-2H3,(H,17,18). The Bertz CT molecular complexity index is 366. The van der Waals surface area contributed by atoms with E-state index in [1.54, 1.807) is 11.8 Å². The average Bonchev–Trinajstić information content (AvgIpc) is 2.39. The van der Waals surface area contributed by atoms with Gasteiger partial charge in [-0.05, 0) is 26.8 Å². The van der Waals surface area contributed by atoms with E-state index in [1.165, 1.54) is 0 Å². The minimum absolute atomic E-state index is 0.000255. The number of carboxylic acids is 1. The summed E-state index contributed by atoms with van der Waals surface area (Å²) in [6.07, 6.45) is 1.41. The summed E-state index contributed by atoms with van der Waals surface area (Å²) in [7, 11) is 2.05. The van der Waals surface area contributed by atoms with Crippen molar-refractivity contribution in [2.24, 2.45) is 5.41 Å². The third-order valence-electron chi connectivity index (χ3n) is 4.26. The quantitative estimate of drug-likeness (QED) is 0.754. The number of likely N-dealkylation sites (N-methyl/N-ethyl adjacent to an activating group) is 1. The first kappa shape index (κ1) is 14.1. The third kappa shape index (κ3) is 3.00. The van der Waals surface area contributed by atoms with Crippen molar-refractivity contribution in [2.75, 3.05) is 46.3 Å². The zero-order valence-corrected chi connectivity index (χ0v) is 11.8. The first-order valence-electron chi connectivity index (χ1n) is 6.88. The van der Waals surface area contributed by atoms with Crippen LogP contribution >= 0.6 is 0 Å². The van der Waals surface area contributed by atoms with Gasteiger partial charge < -0.3 is 19.8 Å². The topological polar surface area (TPSA) is 64.1 Å². The van der Waals surface area contributed by atoms with E-state index in [1.807, 2.05) is 11.9 Å². The highest BCUT2D eigenvalue weighted by atomic mass is 16.4. The van der Waals surface area contributed by atoms with Crippen LogP contribution in [0, 0.1) is 5.41 Å². The minimum Gasteiger partial charge on any atom is -0.481 e. The number of rotatable bonds is 1. The van der Waals surface area contributed by atoms with Gasteiger partial charge in [0.2, 0.25) is 0 Å². The highest BCUT2D eigenvalue weighted by Crippen LogP contribution is 2.30. The van der Waals surface area contributed by atoms with E-state index < -0.39 is 11.4 Å². The molecule has 1 N–H and O–H groups in total. The van der Waals surface area contributed by atoms with Crippen LogP contribution in [-0.2, 0) is 4.79 Å². The van der Waals surface area contributed by atoms with Crippen molar-refractivity contribution in [2.45, 2.75) is 19.8 Å². The number of piperazine rings is 1. The predicted octanol–water partition coefficient (Wildman–Crippen LogP) is 0.540. The van der Waals surface area contributed by atoms with Crippen molar-refractivity contribution in [3.63, 3.8) is 0 Å². The molecule has 2 amide bonds. The molecule has 19 heavy (non-hydrogen) atoms. The van der Waals surface area contributed by atoms with Gasteiger partial charge >= 0.3 is 12.0 Å². The molecule has 2 saturated heterocycles. The van der Waals surface area contributed by atoms with E-state index >= 15 is 0 Å². The number of piperidine rings is 1. The third-order valence-corrected chi connectivity index (χ3v) is 4.26. The molecular formula is C13H23N3O3. The van der Waals surface area contributed by atoms with Crippen LogP contribution in [0.3, 0.4) is 0 Å². The molecule has 0 radical (unpaired) electrons. The van der Waals surface area contributed by atoms with Crippen molar-refractivity contribution >= 4 is 12.0 Å². The fourth-order valence-corrected chi connectivity index (χ4v) is 2.78. The summed E-state index contributed by atoms with van der Waals surface area (Å²) in [4.78, 5) is 29.5. The van der Waals surface area contributed by atoms with E-state index in [-0.39, 0.29) is 6.03 Å². The number of carbonyl (C=O) groups excluding carboxylic acids is 1. The molecular weight excluding hydrogens is 246 g/mol. The van der Waals surface area contributed by atoms with Gasteiger partial charge in [0.25, 0.3) is 0 Å². The highest BCUT2D eigenvalue weighted by Gasteiger charge is 2.40. The highest BCUT2D eigenvalue weighted by molar-refractivity contribution is 5.78. The first-order valence-corrected chi connectivity index (χ1v) is 6.88. The minimum atomic E-state index is -0.802. The molecule has 6 heteroatoms. The zero-order valence-electron chi connectivity index (χ0n) is 11.8. The number of carboxylic acid groups (broad SMARTS) is 1. The molecule has 2 heterocycles. The van der Waals surface area contributed by atoms with Crippen molar-refractivity contribution in [3.8, 4) is 0 Å². The van der Waals surface area contributed by atoms with Gasteiger partial charge in [0.1, 0.15) is 0 Å². The van der Waals surface area contributed by atoms with Gasteiger partial charge in [0.05, 0.1) is 5.41 Å². The van der Waals surface area contributed by atoms with Crippen LogP contribution in [0.2, 0.25) is 0 Å². The normalized spacial score (nSPS) is 29.4. The second-order valence-corrected chi connectivity index (χ2v) is 5.96. The molecule has 6 nitrogen and oxygen atoms in total. The van der Waals surface area contributed by atoms with Crippen molar-refractivity contribution in [3.05, 3.63) is 0 Å². The first-order chi connectivity index (χ1) is 8.92. The molecule has 108 valence electrons. The Morgan fingerprint density at radius 2 is 1.68 bits per heavy atom. The van der Waals surface area contributed by atoms with Gasteiger partial charge in [0.15, 0.2) is 0 Å². The van der Waals surface area contributed by atoms with Gasteiger partial charge in [-0.1, -0.05) is 0 Å². The van der Waals surface area contributed by atoms with Gasteiger partial charge in [-0.25, -0.2) is 4.79 Å². The maximum absolute atomic E-state index is 12.4. The Morgan fingerprint density at radius 1 is 1.05 bits per heavy atom. The largest absolute Gasteiger partial charge is 0.481 e. The summed E-state index contributed by atoms with van der Waals surface area (Å²) in [5.74, 6) is -0.802. The lowest BCUT2D eigenvalue weighted by Crippen LogP contribution is -2.56. The van der Waals surface area contributed by atoms with Gasteiger partial charge in [0, 0.05) is 39.3 Å². The van der Waals surface area contributed by atoms with Crippen LogP contribution < -0.4 is 0 Å². The Morgan fingerprint density at radius 3 is 2.26 bits per heavy atom. The lowest BCUT2D eigenvalue weighted by Gasteiger charge is -2.41. The molecule has 0 aromatic heterocycles. The lowest BCUT2D eigenvalue weighted by molar-refractivity contribution is -0.150. The smallest absolute Gasteiger partial charge is 0.320 e. The Balaban J connectivity index is 1.97. The maximum Gasteiger partial charge on any atom is 0.320 e. The van der Waals surface area contributed by atoms with Crippen LogP contribution in [0.15, 0.2) is 0 Å². The number of hydrogen-bond donors (Lipinski definition) is 1. The molecule has 2 fully saturated rings. The molecule has 0 spiro atoms. The van der Waals surface area contributed by atoms with E-state index in [2.05, 4.69) is 4.90 Å². The molecule has 0 aliphatic carbocycles. The Hall–Kier alpha value is -1.30.